The van der Waals surface area contributed by atoms with Crippen LogP contribution in [0.5, 0.6) is 0 Å². The first-order valence-corrected chi connectivity index (χ1v) is 7.18. The molecule has 1 aromatic heterocycles. The fraction of sp³-hybridized carbons (Fsp3) is 0.438. The first kappa shape index (κ1) is 15.6. The Bertz CT molecular complexity index is 587. The maximum atomic E-state index is 13.8. The third kappa shape index (κ3) is 3.67. The van der Waals surface area contributed by atoms with Gasteiger partial charge < -0.3 is 5.32 Å². The normalized spacial score (nSPS) is 12.6. The van der Waals surface area contributed by atoms with Crippen molar-refractivity contribution in [1.29, 1.82) is 0 Å². The van der Waals surface area contributed by atoms with E-state index in [9.17, 15) is 8.78 Å². The molecule has 114 valence electrons. The van der Waals surface area contributed by atoms with E-state index in [2.05, 4.69) is 10.4 Å². The predicted octanol–water partition coefficient (Wildman–Crippen LogP) is 2.86. The summed E-state index contributed by atoms with van der Waals surface area (Å²) >= 11 is 0. The zero-order chi connectivity index (χ0) is 15.4. The zero-order valence-electron chi connectivity index (χ0n) is 12.7. The fourth-order valence-corrected chi connectivity index (χ4v) is 2.54. The topological polar surface area (TPSA) is 29.9 Å². The van der Waals surface area contributed by atoms with Crippen molar-refractivity contribution in [1.82, 2.24) is 15.1 Å². The summed E-state index contributed by atoms with van der Waals surface area (Å²) in [5, 5.41) is 7.54. The fourth-order valence-electron chi connectivity index (χ4n) is 2.54. The number of nitrogens with one attached hydrogen (secondary N) is 1. The minimum Gasteiger partial charge on any atom is -0.316 e. The van der Waals surface area contributed by atoms with E-state index in [1.165, 1.54) is 18.2 Å². The molecule has 0 aliphatic rings. The van der Waals surface area contributed by atoms with Crippen molar-refractivity contribution in [3.05, 3.63) is 52.9 Å². The summed E-state index contributed by atoms with van der Waals surface area (Å²) in [6.45, 7) is 4.76. The van der Waals surface area contributed by atoms with Gasteiger partial charge in [0.15, 0.2) is 0 Å². The van der Waals surface area contributed by atoms with Crippen molar-refractivity contribution in [3.8, 4) is 0 Å². The summed E-state index contributed by atoms with van der Waals surface area (Å²) < 4.78 is 29.4. The molecular formula is C16H21F2N3. The van der Waals surface area contributed by atoms with Gasteiger partial charge in [0, 0.05) is 30.3 Å². The Morgan fingerprint density at radius 1 is 1.24 bits per heavy atom. The van der Waals surface area contributed by atoms with Gasteiger partial charge in [0.1, 0.15) is 11.6 Å². The lowest BCUT2D eigenvalue weighted by Gasteiger charge is -2.17. The number of rotatable bonds is 6. The van der Waals surface area contributed by atoms with Crippen molar-refractivity contribution in [2.75, 3.05) is 7.05 Å². The third-order valence-electron chi connectivity index (χ3n) is 3.66. The number of halogens is 2. The summed E-state index contributed by atoms with van der Waals surface area (Å²) in [5.41, 5.74) is 2.17. The molecule has 1 N–H and O–H groups in total. The van der Waals surface area contributed by atoms with Crippen LogP contribution in [0.3, 0.4) is 0 Å². The van der Waals surface area contributed by atoms with Gasteiger partial charge in [-0.05, 0) is 45.5 Å². The summed E-state index contributed by atoms with van der Waals surface area (Å²) in [5.74, 6) is -0.981. The molecule has 0 spiro atoms. The monoisotopic (exact) mass is 293 g/mol. The van der Waals surface area contributed by atoms with Crippen LogP contribution in [0, 0.1) is 18.6 Å². The molecule has 3 nitrogen and oxygen atoms in total. The van der Waals surface area contributed by atoms with Gasteiger partial charge in [0.05, 0.1) is 5.69 Å². The summed E-state index contributed by atoms with van der Waals surface area (Å²) in [6.07, 6.45) is 0.988. The molecule has 2 aromatic rings. The number of nitrogens with zero attached hydrogens (tertiary/aromatic N) is 2. The van der Waals surface area contributed by atoms with E-state index in [4.69, 9.17) is 0 Å². The van der Waals surface area contributed by atoms with E-state index in [0.717, 1.165) is 17.9 Å². The molecule has 1 aromatic carbocycles. The molecule has 0 bridgehead atoms. The highest BCUT2D eigenvalue weighted by molar-refractivity contribution is 5.21. The second kappa shape index (κ2) is 6.80. The highest BCUT2D eigenvalue weighted by Crippen LogP contribution is 2.16. The minimum atomic E-state index is -0.490. The van der Waals surface area contributed by atoms with Crippen LogP contribution in [-0.2, 0) is 19.4 Å². The first-order chi connectivity index (χ1) is 10.0. The first-order valence-electron chi connectivity index (χ1n) is 7.18. The molecule has 0 amide bonds. The Hall–Kier alpha value is -1.75. The van der Waals surface area contributed by atoms with E-state index in [1.807, 2.05) is 31.6 Å². The Balaban J connectivity index is 2.17. The second-order valence-corrected chi connectivity index (χ2v) is 5.19. The van der Waals surface area contributed by atoms with Gasteiger partial charge >= 0.3 is 0 Å². The molecule has 0 saturated carbocycles. The van der Waals surface area contributed by atoms with Crippen LogP contribution in [0.2, 0.25) is 0 Å². The van der Waals surface area contributed by atoms with Gasteiger partial charge in [-0.15, -0.1) is 0 Å². The predicted molar refractivity (Wildman–Crippen MR) is 79.3 cm³/mol. The lowest BCUT2D eigenvalue weighted by atomic mass is 10.0. The second-order valence-electron chi connectivity index (χ2n) is 5.19. The minimum absolute atomic E-state index is 0.0437. The largest absolute Gasteiger partial charge is 0.316 e. The number of likely N-dealkylation sites (N-methyl/N-ethyl adjacent to an activating group) is 1. The smallest absolute Gasteiger partial charge is 0.129 e. The SMILES string of the molecule is CCn1nc(C)cc1CC(Cc1c(F)cccc1F)NC. The van der Waals surface area contributed by atoms with Crippen LogP contribution in [-0.4, -0.2) is 22.9 Å². The van der Waals surface area contributed by atoms with E-state index in [0.29, 0.717) is 12.8 Å². The quantitative estimate of drug-likeness (QED) is 0.887. The molecule has 1 atom stereocenters. The molecule has 1 unspecified atom stereocenters. The van der Waals surface area contributed by atoms with Gasteiger partial charge in [-0.25, -0.2) is 8.78 Å². The molecule has 0 aliphatic carbocycles. The Kier molecular flexibility index (Phi) is 5.07. The van der Waals surface area contributed by atoms with Gasteiger partial charge in [0.2, 0.25) is 0 Å². The van der Waals surface area contributed by atoms with Crippen LogP contribution in [0.15, 0.2) is 24.3 Å². The maximum absolute atomic E-state index is 13.8. The summed E-state index contributed by atoms with van der Waals surface area (Å²) in [4.78, 5) is 0. The van der Waals surface area contributed by atoms with Crippen LogP contribution in [0.4, 0.5) is 8.78 Å². The molecule has 21 heavy (non-hydrogen) atoms. The third-order valence-corrected chi connectivity index (χ3v) is 3.66. The Labute approximate surface area is 124 Å². The van der Waals surface area contributed by atoms with Gasteiger partial charge in [-0.3, -0.25) is 4.68 Å². The van der Waals surface area contributed by atoms with Crippen LogP contribution < -0.4 is 5.32 Å². The Morgan fingerprint density at radius 3 is 2.48 bits per heavy atom. The lowest BCUT2D eigenvalue weighted by Crippen LogP contribution is -2.31. The molecule has 0 radical (unpaired) electrons. The van der Waals surface area contributed by atoms with E-state index < -0.39 is 11.6 Å². The molecule has 0 saturated heterocycles. The molecule has 5 heteroatoms. The number of hydrogen-bond donors (Lipinski definition) is 1. The number of hydrogen-bond acceptors (Lipinski definition) is 2. The van der Waals surface area contributed by atoms with E-state index >= 15 is 0 Å². The lowest BCUT2D eigenvalue weighted by molar-refractivity contribution is 0.487. The number of aromatic nitrogens is 2. The molecule has 2 rings (SSSR count). The standard InChI is InChI=1S/C16H21F2N3/c1-4-21-13(8-11(2)20-21)9-12(19-3)10-14-15(17)6-5-7-16(14)18/h5-8,12,19H,4,9-10H2,1-3H3. The molecule has 1 heterocycles. The van der Waals surface area contributed by atoms with Crippen molar-refractivity contribution in [3.63, 3.8) is 0 Å². The maximum Gasteiger partial charge on any atom is 0.129 e. The van der Waals surface area contributed by atoms with Gasteiger partial charge in [-0.2, -0.15) is 5.10 Å². The summed E-state index contributed by atoms with van der Waals surface area (Å²) in [7, 11) is 1.81. The Morgan fingerprint density at radius 2 is 1.90 bits per heavy atom. The van der Waals surface area contributed by atoms with Crippen molar-refractivity contribution in [2.45, 2.75) is 39.3 Å². The van der Waals surface area contributed by atoms with Crippen LogP contribution in [0.1, 0.15) is 23.9 Å². The van der Waals surface area contributed by atoms with Crippen LogP contribution in [0.25, 0.3) is 0 Å². The van der Waals surface area contributed by atoms with Crippen molar-refractivity contribution in [2.24, 2.45) is 0 Å². The molecule has 0 fully saturated rings. The van der Waals surface area contributed by atoms with Gasteiger partial charge in [0.25, 0.3) is 0 Å². The molecular weight excluding hydrogens is 272 g/mol. The zero-order valence-corrected chi connectivity index (χ0v) is 12.7. The van der Waals surface area contributed by atoms with E-state index in [1.54, 1.807) is 0 Å². The number of benzene rings is 1. The highest BCUT2D eigenvalue weighted by Gasteiger charge is 2.17. The van der Waals surface area contributed by atoms with Crippen molar-refractivity contribution < 1.29 is 8.78 Å². The van der Waals surface area contributed by atoms with Crippen LogP contribution >= 0.6 is 0 Å². The highest BCUT2D eigenvalue weighted by atomic mass is 19.1. The summed E-state index contributed by atoms with van der Waals surface area (Å²) in [6, 6.07) is 5.96. The number of aryl methyl sites for hydroxylation is 2. The average Bonchev–Trinajstić information content (AvgIpc) is 2.81. The molecule has 0 aliphatic heterocycles. The van der Waals surface area contributed by atoms with Crippen molar-refractivity contribution >= 4 is 0 Å². The van der Waals surface area contributed by atoms with E-state index in [-0.39, 0.29) is 11.6 Å². The van der Waals surface area contributed by atoms with Gasteiger partial charge in [-0.1, -0.05) is 6.07 Å². The average molecular weight is 293 g/mol.